The van der Waals surface area contributed by atoms with Gasteiger partial charge in [-0.2, -0.15) is 0 Å². The lowest BCUT2D eigenvalue weighted by molar-refractivity contribution is -0.129. The molecule has 0 radical (unpaired) electrons. The fourth-order valence-electron chi connectivity index (χ4n) is 3.65. The molecule has 1 aromatic rings. The van der Waals surface area contributed by atoms with Gasteiger partial charge in [0.05, 0.1) is 11.3 Å². The molecule has 1 saturated carbocycles. The monoisotopic (exact) mass is 434 g/mol. The van der Waals surface area contributed by atoms with Crippen LogP contribution in [0.4, 0.5) is 0 Å². The Bertz CT molecular complexity index is 715. The van der Waals surface area contributed by atoms with Crippen molar-refractivity contribution in [1.29, 1.82) is 0 Å². The van der Waals surface area contributed by atoms with Crippen molar-refractivity contribution in [2.24, 2.45) is 0 Å². The molecule has 1 N–H and O–H groups in total. The molecule has 7 heteroatoms. The standard InChI is InChI=1S/C23H34N2O4S/c1-4-17(5-2)24-21(26)15-29-23(28)19-13-9-10-14-20(19)30-16-22(27)25(3)18-11-7-6-8-12-18/h9-10,13-14,17-18H,4-8,11-12,15-16H2,1-3H3,(H,24,26). The number of nitrogens with zero attached hydrogens (tertiary/aromatic N) is 1. The van der Waals surface area contributed by atoms with E-state index in [-0.39, 0.29) is 30.2 Å². The molecule has 0 unspecified atom stereocenters. The number of benzene rings is 1. The minimum atomic E-state index is -0.550. The van der Waals surface area contributed by atoms with Crippen molar-refractivity contribution in [2.45, 2.75) is 75.8 Å². The number of hydrogen-bond acceptors (Lipinski definition) is 5. The molecule has 1 fully saturated rings. The van der Waals surface area contributed by atoms with Crippen molar-refractivity contribution in [3.8, 4) is 0 Å². The van der Waals surface area contributed by atoms with Crippen molar-refractivity contribution in [3.63, 3.8) is 0 Å². The molecule has 0 heterocycles. The second-order valence-electron chi connectivity index (χ2n) is 7.74. The summed E-state index contributed by atoms with van der Waals surface area (Å²) in [6.07, 6.45) is 7.39. The quantitative estimate of drug-likeness (QED) is 0.444. The van der Waals surface area contributed by atoms with E-state index in [9.17, 15) is 14.4 Å². The topological polar surface area (TPSA) is 75.7 Å². The zero-order chi connectivity index (χ0) is 21.9. The largest absolute Gasteiger partial charge is 0.452 e. The minimum absolute atomic E-state index is 0.0691. The van der Waals surface area contributed by atoms with Gasteiger partial charge in [0.1, 0.15) is 0 Å². The number of nitrogens with one attached hydrogen (secondary N) is 1. The summed E-state index contributed by atoms with van der Waals surface area (Å²) in [7, 11) is 1.87. The smallest absolute Gasteiger partial charge is 0.339 e. The Morgan fingerprint density at radius 1 is 1.13 bits per heavy atom. The summed E-state index contributed by atoms with van der Waals surface area (Å²) in [6, 6.07) is 7.46. The Balaban J connectivity index is 1.89. The number of rotatable bonds is 10. The maximum Gasteiger partial charge on any atom is 0.339 e. The van der Waals surface area contributed by atoms with Crippen molar-refractivity contribution in [1.82, 2.24) is 10.2 Å². The Hall–Kier alpha value is -2.02. The van der Waals surface area contributed by atoms with Crippen LogP contribution in [0.5, 0.6) is 0 Å². The fraction of sp³-hybridized carbons (Fsp3) is 0.609. The molecular formula is C23H34N2O4S. The first kappa shape index (κ1) is 24.3. The SMILES string of the molecule is CCC(CC)NC(=O)COC(=O)c1ccccc1SCC(=O)N(C)C1CCCCC1. The van der Waals surface area contributed by atoms with Crippen molar-refractivity contribution >= 4 is 29.5 Å². The second-order valence-corrected chi connectivity index (χ2v) is 8.76. The fourth-order valence-corrected chi connectivity index (χ4v) is 4.61. The van der Waals surface area contributed by atoms with Crippen LogP contribution in [-0.2, 0) is 14.3 Å². The van der Waals surface area contributed by atoms with Gasteiger partial charge in [-0.15, -0.1) is 11.8 Å². The molecule has 0 aromatic heterocycles. The van der Waals surface area contributed by atoms with E-state index in [4.69, 9.17) is 4.74 Å². The third kappa shape index (κ3) is 7.35. The maximum atomic E-state index is 12.6. The number of amides is 2. The molecular weight excluding hydrogens is 400 g/mol. The van der Waals surface area contributed by atoms with Gasteiger partial charge in [0.2, 0.25) is 5.91 Å². The van der Waals surface area contributed by atoms with Gasteiger partial charge in [-0.05, 0) is 37.8 Å². The Morgan fingerprint density at radius 3 is 2.47 bits per heavy atom. The summed E-state index contributed by atoms with van der Waals surface area (Å²) in [6.45, 7) is 3.69. The van der Waals surface area contributed by atoms with Gasteiger partial charge in [0.25, 0.3) is 5.91 Å². The first-order valence-corrected chi connectivity index (χ1v) is 11.9. The van der Waals surface area contributed by atoms with Crippen LogP contribution in [-0.4, -0.2) is 54.2 Å². The summed E-state index contributed by atoms with van der Waals surface area (Å²) >= 11 is 1.34. The van der Waals surface area contributed by atoms with Crippen LogP contribution in [0.15, 0.2) is 29.2 Å². The van der Waals surface area contributed by atoms with Crippen LogP contribution in [0.25, 0.3) is 0 Å². The highest BCUT2D eigenvalue weighted by Crippen LogP contribution is 2.26. The highest BCUT2D eigenvalue weighted by atomic mass is 32.2. The number of thioether (sulfide) groups is 1. The lowest BCUT2D eigenvalue weighted by Gasteiger charge is -2.31. The summed E-state index contributed by atoms with van der Waals surface area (Å²) in [4.78, 5) is 39.7. The second kappa shape index (κ2) is 12.6. The van der Waals surface area contributed by atoms with Crippen molar-refractivity contribution in [2.75, 3.05) is 19.4 Å². The highest BCUT2D eigenvalue weighted by Gasteiger charge is 2.23. The Morgan fingerprint density at radius 2 is 1.80 bits per heavy atom. The molecule has 0 atom stereocenters. The van der Waals surface area contributed by atoms with Crippen LogP contribution in [0.3, 0.4) is 0 Å². The van der Waals surface area contributed by atoms with E-state index < -0.39 is 5.97 Å². The Kier molecular flexibility index (Phi) is 10.2. The van der Waals surface area contributed by atoms with Crippen molar-refractivity contribution in [3.05, 3.63) is 29.8 Å². The molecule has 2 amide bonds. The molecule has 0 aliphatic heterocycles. The van der Waals surface area contributed by atoms with Gasteiger partial charge in [0, 0.05) is 24.0 Å². The summed E-state index contributed by atoms with van der Waals surface area (Å²) in [5.74, 6) is -0.510. The zero-order valence-electron chi connectivity index (χ0n) is 18.3. The van der Waals surface area contributed by atoms with E-state index in [1.54, 1.807) is 18.2 Å². The third-order valence-corrected chi connectivity index (χ3v) is 6.72. The lowest BCUT2D eigenvalue weighted by Crippen LogP contribution is -2.39. The van der Waals surface area contributed by atoms with Gasteiger partial charge >= 0.3 is 5.97 Å². The molecule has 0 spiro atoms. The van der Waals surface area contributed by atoms with E-state index in [1.807, 2.05) is 31.9 Å². The zero-order valence-corrected chi connectivity index (χ0v) is 19.1. The van der Waals surface area contributed by atoms with Crippen LogP contribution in [0, 0.1) is 0 Å². The van der Waals surface area contributed by atoms with Crippen molar-refractivity contribution < 1.29 is 19.1 Å². The first-order valence-electron chi connectivity index (χ1n) is 10.9. The lowest BCUT2D eigenvalue weighted by atomic mass is 9.94. The maximum absolute atomic E-state index is 12.6. The third-order valence-electron chi connectivity index (χ3n) is 5.66. The summed E-state index contributed by atoms with van der Waals surface area (Å²) in [5, 5.41) is 2.85. The van der Waals surface area contributed by atoms with Crippen LogP contribution in [0.1, 0.15) is 69.2 Å². The van der Waals surface area contributed by atoms with Gasteiger partial charge in [-0.1, -0.05) is 45.2 Å². The van der Waals surface area contributed by atoms with Gasteiger partial charge in [-0.3, -0.25) is 9.59 Å². The van der Waals surface area contributed by atoms with E-state index in [0.29, 0.717) is 16.5 Å². The molecule has 166 valence electrons. The van der Waals surface area contributed by atoms with Gasteiger partial charge < -0.3 is 15.0 Å². The number of ether oxygens (including phenoxy) is 1. The predicted octanol–water partition coefficient (Wildman–Crippen LogP) is 4.03. The van der Waals surface area contributed by atoms with Gasteiger partial charge in [-0.25, -0.2) is 4.79 Å². The minimum Gasteiger partial charge on any atom is -0.452 e. The van der Waals surface area contributed by atoms with Crippen LogP contribution >= 0.6 is 11.8 Å². The molecule has 30 heavy (non-hydrogen) atoms. The molecule has 1 aliphatic carbocycles. The molecule has 2 rings (SSSR count). The molecule has 1 aromatic carbocycles. The number of carbonyl (C=O) groups excluding carboxylic acids is 3. The molecule has 0 bridgehead atoms. The molecule has 1 aliphatic rings. The van der Waals surface area contributed by atoms with E-state index >= 15 is 0 Å². The van der Waals surface area contributed by atoms with Crippen LogP contribution in [0.2, 0.25) is 0 Å². The van der Waals surface area contributed by atoms with E-state index in [1.165, 1.54) is 31.0 Å². The molecule has 0 saturated heterocycles. The predicted molar refractivity (Wildman–Crippen MR) is 120 cm³/mol. The average Bonchev–Trinajstić information content (AvgIpc) is 2.79. The summed E-state index contributed by atoms with van der Waals surface area (Å²) in [5.41, 5.74) is 0.381. The summed E-state index contributed by atoms with van der Waals surface area (Å²) < 4.78 is 5.21. The average molecular weight is 435 g/mol. The number of hydrogen-bond donors (Lipinski definition) is 1. The number of esters is 1. The Labute approximate surface area is 184 Å². The molecule has 6 nitrogen and oxygen atoms in total. The highest BCUT2D eigenvalue weighted by molar-refractivity contribution is 8.00. The first-order chi connectivity index (χ1) is 14.5. The van der Waals surface area contributed by atoms with E-state index in [2.05, 4.69) is 5.32 Å². The van der Waals surface area contributed by atoms with Gasteiger partial charge in [0.15, 0.2) is 6.61 Å². The number of carbonyl (C=O) groups is 3. The van der Waals surface area contributed by atoms with Crippen LogP contribution < -0.4 is 5.32 Å². The normalized spacial score (nSPS) is 14.4. The van der Waals surface area contributed by atoms with E-state index in [0.717, 1.165) is 25.7 Å².